The Morgan fingerprint density at radius 3 is 2.20 bits per heavy atom. The molecule has 1 fully saturated rings. The molecule has 4 rings (SSSR count). The van der Waals surface area contributed by atoms with E-state index in [1.807, 2.05) is 60.7 Å². The van der Waals surface area contributed by atoms with Gasteiger partial charge in [0.25, 0.3) is 11.8 Å². The summed E-state index contributed by atoms with van der Waals surface area (Å²) in [6.45, 7) is 0.380. The first kappa shape index (κ1) is 20.4. The Morgan fingerprint density at radius 2 is 1.53 bits per heavy atom. The molecule has 7 heteroatoms. The molecule has 1 saturated heterocycles. The number of epoxide rings is 1. The molecule has 2 amide bonds. The molecule has 0 aromatic heterocycles. The van der Waals surface area contributed by atoms with Crippen LogP contribution in [0.1, 0.15) is 5.56 Å². The van der Waals surface area contributed by atoms with Crippen LogP contribution in [-0.4, -0.2) is 24.0 Å². The summed E-state index contributed by atoms with van der Waals surface area (Å²) in [6.07, 6.45) is -1.69. The Balaban J connectivity index is 1.47. The molecule has 2 atom stereocenters. The van der Waals surface area contributed by atoms with Crippen molar-refractivity contribution < 1.29 is 14.3 Å². The highest BCUT2D eigenvalue weighted by molar-refractivity contribution is 6.42. The van der Waals surface area contributed by atoms with Crippen molar-refractivity contribution in [3.63, 3.8) is 0 Å². The summed E-state index contributed by atoms with van der Waals surface area (Å²) in [7, 11) is 0. The number of nitrogens with one attached hydrogen (secondary N) is 1. The Bertz CT molecular complexity index is 1060. The monoisotopic (exact) mass is 440 g/mol. The Kier molecular flexibility index (Phi) is 6.04. The Morgan fingerprint density at radius 1 is 0.867 bits per heavy atom. The second kappa shape index (κ2) is 8.88. The third kappa shape index (κ3) is 4.65. The summed E-state index contributed by atoms with van der Waals surface area (Å²) < 4.78 is 5.44. The number of anilines is 2. The van der Waals surface area contributed by atoms with Crippen molar-refractivity contribution in [2.75, 3.05) is 10.2 Å². The highest BCUT2D eigenvalue weighted by Gasteiger charge is 2.52. The number of para-hydroxylation sites is 1. The smallest absolute Gasteiger partial charge is 0.259 e. The van der Waals surface area contributed by atoms with Crippen LogP contribution < -0.4 is 10.2 Å². The fourth-order valence-electron chi connectivity index (χ4n) is 3.11. The predicted octanol–water partition coefficient (Wildman–Crippen LogP) is 4.93. The number of hydrogen-bond donors (Lipinski definition) is 1. The normalized spacial score (nSPS) is 17.3. The Labute approximate surface area is 184 Å². The highest BCUT2D eigenvalue weighted by atomic mass is 35.5. The number of hydrogen-bond acceptors (Lipinski definition) is 3. The number of nitrogens with zero attached hydrogens (tertiary/aromatic N) is 1. The molecule has 152 valence electrons. The standard InChI is InChI=1S/C23H18Cl2N2O3/c24-18-12-11-16(13-19(18)25)26-22(28)20-21(30-20)23(29)27(17-9-5-2-6-10-17)14-15-7-3-1-4-8-15/h1-13,20-21H,14H2,(H,26,28). The minimum absolute atomic E-state index is 0.264. The summed E-state index contributed by atoms with van der Waals surface area (Å²) in [6, 6.07) is 23.8. The maximum absolute atomic E-state index is 13.2. The second-order valence-electron chi connectivity index (χ2n) is 6.84. The SMILES string of the molecule is O=C(Nc1ccc(Cl)c(Cl)c1)C1OC1C(=O)N(Cc1ccccc1)c1ccccc1. The van der Waals surface area contributed by atoms with Gasteiger partial charge in [-0.2, -0.15) is 0 Å². The van der Waals surface area contributed by atoms with Gasteiger partial charge in [0.1, 0.15) is 0 Å². The van der Waals surface area contributed by atoms with Crippen LogP contribution in [0.5, 0.6) is 0 Å². The molecule has 0 saturated carbocycles. The first-order valence-electron chi connectivity index (χ1n) is 9.34. The van der Waals surface area contributed by atoms with Gasteiger partial charge in [-0.25, -0.2) is 0 Å². The van der Waals surface area contributed by atoms with Crippen molar-refractivity contribution in [2.24, 2.45) is 0 Å². The maximum Gasteiger partial charge on any atom is 0.259 e. The lowest BCUT2D eigenvalue weighted by Gasteiger charge is -2.22. The minimum Gasteiger partial charge on any atom is -0.349 e. The van der Waals surface area contributed by atoms with Gasteiger partial charge in [0.2, 0.25) is 0 Å². The first-order chi connectivity index (χ1) is 14.5. The lowest BCUT2D eigenvalue weighted by atomic mass is 10.1. The molecule has 30 heavy (non-hydrogen) atoms. The van der Waals surface area contributed by atoms with Gasteiger partial charge < -0.3 is 15.0 Å². The van der Waals surface area contributed by atoms with Crippen LogP contribution in [0.2, 0.25) is 10.0 Å². The van der Waals surface area contributed by atoms with E-state index in [-0.39, 0.29) is 5.91 Å². The number of carbonyl (C=O) groups is 2. The zero-order valence-corrected chi connectivity index (χ0v) is 17.3. The molecule has 0 aliphatic carbocycles. The van der Waals surface area contributed by atoms with Crippen molar-refractivity contribution in [3.05, 3.63) is 94.5 Å². The zero-order chi connectivity index (χ0) is 21.1. The molecule has 2 unspecified atom stereocenters. The zero-order valence-electron chi connectivity index (χ0n) is 15.8. The van der Waals surface area contributed by atoms with Crippen molar-refractivity contribution in [1.29, 1.82) is 0 Å². The number of carbonyl (C=O) groups excluding carboxylic acids is 2. The van der Waals surface area contributed by atoms with E-state index in [4.69, 9.17) is 27.9 Å². The molecule has 3 aromatic carbocycles. The number of rotatable bonds is 6. The van der Waals surface area contributed by atoms with Gasteiger partial charge in [0, 0.05) is 11.4 Å². The number of halogens is 2. The van der Waals surface area contributed by atoms with Crippen molar-refractivity contribution in [3.8, 4) is 0 Å². The maximum atomic E-state index is 13.2. The summed E-state index contributed by atoms with van der Waals surface area (Å²) >= 11 is 11.9. The highest BCUT2D eigenvalue weighted by Crippen LogP contribution is 2.30. The number of benzene rings is 3. The molecule has 1 N–H and O–H groups in total. The van der Waals surface area contributed by atoms with Gasteiger partial charge in [-0.05, 0) is 35.9 Å². The number of amides is 2. The molecule has 0 radical (unpaired) electrons. The van der Waals surface area contributed by atoms with Crippen LogP contribution in [0.4, 0.5) is 11.4 Å². The van der Waals surface area contributed by atoms with Crippen LogP contribution in [0.3, 0.4) is 0 Å². The largest absolute Gasteiger partial charge is 0.349 e. The van der Waals surface area contributed by atoms with E-state index in [0.717, 1.165) is 11.3 Å². The van der Waals surface area contributed by atoms with Crippen LogP contribution >= 0.6 is 23.2 Å². The van der Waals surface area contributed by atoms with E-state index in [9.17, 15) is 9.59 Å². The van der Waals surface area contributed by atoms with Gasteiger partial charge in [0.15, 0.2) is 12.2 Å². The van der Waals surface area contributed by atoms with Crippen LogP contribution in [0, 0.1) is 0 Å². The summed E-state index contributed by atoms with van der Waals surface area (Å²) in [5.41, 5.74) is 2.21. The van der Waals surface area contributed by atoms with Gasteiger partial charge in [-0.3, -0.25) is 9.59 Å². The van der Waals surface area contributed by atoms with Gasteiger partial charge in [0.05, 0.1) is 16.6 Å². The molecule has 0 spiro atoms. The van der Waals surface area contributed by atoms with Crippen LogP contribution in [-0.2, 0) is 20.9 Å². The van der Waals surface area contributed by atoms with E-state index in [1.54, 1.807) is 23.1 Å². The third-order valence-corrected chi connectivity index (χ3v) is 5.44. The lowest BCUT2D eigenvalue weighted by Crippen LogP contribution is -2.36. The van der Waals surface area contributed by atoms with Crippen molar-refractivity contribution in [2.45, 2.75) is 18.8 Å². The lowest BCUT2D eigenvalue weighted by molar-refractivity contribution is -0.120. The fourth-order valence-corrected chi connectivity index (χ4v) is 3.41. The topological polar surface area (TPSA) is 61.9 Å². The van der Waals surface area contributed by atoms with Crippen LogP contribution in [0.25, 0.3) is 0 Å². The molecule has 0 bridgehead atoms. The average molecular weight is 441 g/mol. The molecular weight excluding hydrogens is 423 g/mol. The molecule has 1 aliphatic rings. The molecule has 5 nitrogen and oxygen atoms in total. The van der Waals surface area contributed by atoms with Gasteiger partial charge >= 0.3 is 0 Å². The summed E-state index contributed by atoms with van der Waals surface area (Å²) in [5, 5.41) is 3.43. The summed E-state index contributed by atoms with van der Waals surface area (Å²) in [4.78, 5) is 27.3. The van der Waals surface area contributed by atoms with Gasteiger partial charge in [-0.1, -0.05) is 71.7 Å². The molecular formula is C23H18Cl2N2O3. The van der Waals surface area contributed by atoms with E-state index >= 15 is 0 Å². The fraction of sp³-hybridized carbons (Fsp3) is 0.130. The minimum atomic E-state index is -0.853. The molecule has 1 aliphatic heterocycles. The number of ether oxygens (including phenoxy) is 1. The Hall–Kier alpha value is -2.86. The quantitative estimate of drug-likeness (QED) is 0.552. The van der Waals surface area contributed by atoms with E-state index in [1.165, 1.54) is 0 Å². The third-order valence-electron chi connectivity index (χ3n) is 4.70. The van der Waals surface area contributed by atoms with E-state index < -0.39 is 18.1 Å². The average Bonchev–Trinajstić information content (AvgIpc) is 3.57. The first-order valence-corrected chi connectivity index (χ1v) is 10.1. The van der Waals surface area contributed by atoms with Crippen molar-refractivity contribution in [1.82, 2.24) is 0 Å². The predicted molar refractivity (Wildman–Crippen MR) is 118 cm³/mol. The molecule has 1 heterocycles. The van der Waals surface area contributed by atoms with Crippen molar-refractivity contribution >= 4 is 46.4 Å². The van der Waals surface area contributed by atoms with Gasteiger partial charge in [-0.15, -0.1) is 0 Å². The summed E-state index contributed by atoms with van der Waals surface area (Å²) in [5.74, 6) is -0.668. The van der Waals surface area contributed by atoms with E-state index in [2.05, 4.69) is 5.32 Å². The van der Waals surface area contributed by atoms with Crippen LogP contribution in [0.15, 0.2) is 78.9 Å². The van der Waals surface area contributed by atoms with E-state index in [0.29, 0.717) is 22.3 Å². The molecule has 3 aromatic rings. The second-order valence-corrected chi connectivity index (χ2v) is 7.66.